The van der Waals surface area contributed by atoms with Crippen LogP contribution in [-0.2, 0) is 10.0 Å². The molecule has 6 nitrogen and oxygen atoms in total. The van der Waals surface area contributed by atoms with E-state index in [1.165, 1.54) is 0 Å². The number of hydrogen-bond acceptors (Lipinski definition) is 5. The van der Waals surface area contributed by atoms with Gasteiger partial charge in [0.15, 0.2) is 11.6 Å². The van der Waals surface area contributed by atoms with E-state index >= 15 is 0 Å². The van der Waals surface area contributed by atoms with Crippen LogP contribution < -0.4 is 10.2 Å². The Balaban J connectivity index is 2.39. The molecule has 1 aromatic heterocycles. The zero-order valence-corrected chi connectivity index (χ0v) is 11.2. The van der Waals surface area contributed by atoms with Crippen LogP contribution in [0, 0.1) is 11.6 Å². The standard InChI is InChI=1S/C11H9BF2N2O4S/c13-9-2-1-3-10(11(9)14)16-21(19,20)8-4-7(12(17)18)5-15-6-8/h1-6,16-18H. The van der Waals surface area contributed by atoms with Crippen LogP contribution in [0.25, 0.3) is 0 Å². The van der Waals surface area contributed by atoms with Gasteiger partial charge in [-0.25, -0.2) is 17.2 Å². The van der Waals surface area contributed by atoms with Crippen LogP contribution in [-0.4, -0.2) is 30.6 Å². The highest BCUT2D eigenvalue weighted by Crippen LogP contribution is 2.20. The Hall–Kier alpha value is -2.04. The van der Waals surface area contributed by atoms with Crippen LogP contribution in [0.4, 0.5) is 14.5 Å². The SMILES string of the molecule is O=S(=O)(Nc1cccc(F)c1F)c1cncc(B(O)O)c1. The van der Waals surface area contributed by atoms with Crippen molar-refractivity contribution in [1.29, 1.82) is 0 Å². The fraction of sp³-hybridized carbons (Fsp3) is 0. The molecule has 3 N–H and O–H groups in total. The van der Waals surface area contributed by atoms with Crippen LogP contribution in [0.2, 0.25) is 0 Å². The van der Waals surface area contributed by atoms with E-state index in [0.29, 0.717) is 0 Å². The first kappa shape index (κ1) is 15.4. The molecule has 0 aliphatic heterocycles. The number of halogens is 2. The van der Waals surface area contributed by atoms with Crippen molar-refractivity contribution in [1.82, 2.24) is 4.98 Å². The number of pyridine rings is 1. The molecule has 2 aromatic rings. The third kappa shape index (κ3) is 3.35. The highest BCUT2D eigenvalue weighted by Gasteiger charge is 2.21. The second-order valence-corrected chi connectivity index (χ2v) is 5.72. The zero-order chi connectivity index (χ0) is 15.6. The van der Waals surface area contributed by atoms with Gasteiger partial charge in [-0.2, -0.15) is 0 Å². The van der Waals surface area contributed by atoms with Gasteiger partial charge in [0.05, 0.1) is 5.69 Å². The number of aromatic nitrogens is 1. The first-order valence-electron chi connectivity index (χ1n) is 5.59. The molecule has 0 aliphatic rings. The average molecular weight is 314 g/mol. The fourth-order valence-electron chi connectivity index (χ4n) is 1.51. The summed E-state index contributed by atoms with van der Waals surface area (Å²) in [6.07, 6.45) is 2.00. The number of nitrogens with one attached hydrogen (secondary N) is 1. The van der Waals surface area contributed by atoms with Crippen molar-refractivity contribution in [3.63, 3.8) is 0 Å². The molecule has 0 saturated carbocycles. The summed E-state index contributed by atoms with van der Waals surface area (Å²) in [5.41, 5.74) is -0.720. The Bertz CT molecular complexity index is 771. The summed E-state index contributed by atoms with van der Waals surface area (Å²) in [4.78, 5) is 3.13. The maximum Gasteiger partial charge on any atom is 0.490 e. The molecule has 0 spiro atoms. The van der Waals surface area contributed by atoms with Gasteiger partial charge in [0.25, 0.3) is 10.0 Å². The van der Waals surface area contributed by atoms with E-state index < -0.39 is 39.4 Å². The first-order valence-corrected chi connectivity index (χ1v) is 7.07. The lowest BCUT2D eigenvalue weighted by Gasteiger charge is -2.09. The van der Waals surface area contributed by atoms with Crippen molar-refractivity contribution in [2.45, 2.75) is 4.90 Å². The molecule has 2 rings (SSSR count). The third-order valence-electron chi connectivity index (χ3n) is 2.54. The lowest BCUT2D eigenvalue weighted by molar-refractivity contribution is 0.425. The highest BCUT2D eigenvalue weighted by molar-refractivity contribution is 7.92. The molecular formula is C11H9BF2N2O4S. The molecule has 0 unspecified atom stereocenters. The molecule has 0 fully saturated rings. The number of benzene rings is 1. The van der Waals surface area contributed by atoms with Crippen LogP contribution in [0.15, 0.2) is 41.6 Å². The predicted octanol–water partition coefficient (Wildman–Crippen LogP) is -0.160. The molecule has 1 aromatic carbocycles. The van der Waals surface area contributed by atoms with Gasteiger partial charge in [-0.1, -0.05) is 6.07 Å². The number of hydrogen-bond donors (Lipinski definition) is 3. The second-order valence-electron chi connectivity index (χ2n) is 4.03. The van der Waals surface area contributed by atoms with Crippen molar-refractivity contribution in [2.24, 2.45) is 0 Å². The first-order chi connectivity index (χ1) is 9.81. The summed E-state index contributed by atoms with van der Waals surface area (Å²) in [6, 6.07) is 3.99. The molecule has 0 saturated heterocycles. The minimum absolute atomic E-state index is 0.155. The lowest BCUT2D eigenvalue weighted by Crippen LogP contribution is -2.31. The Morgan fingerprint density at radius 1 is 1.19 bits per heavy atom. The quantitative estimate of drug-likeness (QED) is 0.681. The van der Waals surface area contributed by atoms with Gasteiger partial charge in [-0.15, -0.1) is 0 Å². The van der Waals surface area contributed by atoms with Crippen molar-refractivity contribution in [3.05, 3.63) is 48.3 Å². The van der Waals surface area contributed by atoms with Crippen molar-refractivity contribution in [2.75, 3.05) is 4.72 Å². The molecule has 21 heavy (non-hydrogen) atoms. The molecule has 0 atom stereocenters. The molecular weight excluding hydrogens is 305 g/mol. The summed E-state index contributed by atoms with van der Waals surface area (Å²) in [5.74, 6) is -2.54. The van der Waals surface area contributed by atoms with E-state index in [9.17, 15) is 17.2 Å². The Morgan fingerprint density at radius 3 is 2.57 bits per heavy atom. The van der Waals surface area contributed by atoms with Crippen molar-refractivity contribution < 1.29 is 27.2 Å². The predicted molar refractivity (Wildman–Crippen MR) is 71.2 cm³/mol. The van der Waals surface area contributed by atoms with Crippen LogP contribution in [0.5, 0.6) is 0 Å². The Labute approximate surface area is 119 Å². The summed E-state index contributed by atoms with van der Waals surface area (Å²) in [5, 5.41) is 17.9. The Morgan fingerprint density at radius 2 is 1.90 bits per heavy atom. The van der Waals surface area contributed by atoms with Crippen molar-refractivity contribution in [3.8, 4) is 0 Å². The van der Waals surface area contributed by atoms with Gasteiger partial charge >= 0.3 is 7.12 Å². The molecule has 0 bridgehead atoms. The van der Waals surface area contributed by atoms with Gasteiger partial charge in [-0.05, 0) is 18.2 Å². The van der Waals surface area contributed by atoms with Gasteiger partial charge in [0, 0.05) is 17.9 Å². The normalized spacial score (nSPS) is 11.2. The smallest absolute Gasteiger partial charge is 0.423 e. The van der Waals surface area contributed by atoms with Gasteiger partial charge in [0.1, 0.15) is 4.90 Å². The second kappa shape index (κ2) is 5.76. The monoisotopic (exact) mass is 314 g/mol. The van der Waals surface area contributed by atoms with E-state index in [2.05, 4.69) is 4.98 Å². The summed E-state index contributed by atoms with van der Waals surface area (Å²) in [7, 11) is -6.15. The zero-order valence-electron chi connectivity index (χ0n) is 10.4. The number of nitrogens with zero attached hydrogens (tertiary/aromatic N) is 1. The third-order valence-corrected chi connectivity index (χ3v) is 3.87. The minimum Gasteiger partial charge on any atom is -0.423 e. The van der Waals surface area contributed by atoms with E-state index in [1.807, 2.05) is 4.72 Å². The highest BCUT2D eigenvalue weighted by atomic mass is 32.2. The molecule has 0 amide bonds. The van der Waals surface area contributed by atoms with E-state index in [-0.39, 0.29) is 5.46 Å². The number of anilines is 1. The number of rotatable bonds is 4. The largest absolute Gasteiger partial charge is 0.490 e. The summed E-state index contributed by atoms with van der Waals surface area (Å²) in [6.45, 7) is 0. The van der Waals surface area contributed by atoms with Crippen LogP contribution in [0.3, 0.4) is 0 Å². The maximum absolute atomic E-state index is 13.5. The lowest BCUT2D eigenvalue weighted by atomic mass is 9.82. The van der Waals surface area contributed by atoms with Crippen LogP contribution >= 0.6 is 0 Å². The van der Waals surface area contributed by atoms with Gasteiger partial charge in [0.2, 0.25) is 0 Å². The van der Waals surface area contributed by atoms with Crippen molar-refractivity contribution >= 4 is 28.3 Å². The van der Waals surface area contributed by atoms with E-state index in [1.54, 1.807) is 0 Å². The molecule has 0 radical (unpaired) electrons. The Kier molecular flexibility index (Phi) is 4.21. The number of sulfonamides is 1. The average Bonchev–Trinajstić information content (AvgIpc) is 2.44. The van der Waals surface area contributed by atoms with E-state index in [0.717, 1.165) is 36.7 Å². The fourth-order valence-corrected chi connectivity index (χ4v) is 2.57. The molecule has 10 heteroatoms. The van der Waals surface area contributed by atoms with Gasteiger partial charge in [-0.3, -0.25) is 9.71 Å². The van der Waals surface area contributed by atoms with Crippen LogP contribution in [0.1, 0.15) is 0 Å². The van der Waals surface area contributed by atoms with E-state index in [4.69, 9.17) is 10.0 Å². The minimum atomic E-state index is -4.25. The van der Waals surface area contributed by atoms with Gasteiger partial charge < -0.3 is 10.0 Å². The summed E-state index contributed by atoms with van der Waals surface area (Å²) < 4.78 is 52.4. The summed E-state index contributed by atoms with van der Waals surface area (Å²) >= 11 is 0. The molecule has 1 heterocycles. The molecule has 110 valence electrons. The maximum atomic E-state index is 13.5. The molecule has 0 aliphatic carbocycles. The topological polar surface area (TPSA) is 99.5 Å².